The molecule has 0 saturated heterocycles. The van der Waals surface area contributed by atoms with E-state index in [0.29, 0.717) is 12.6 Å². The zero-order chi connectivity index (χ0) is 18.3. The van der Waals surface area contributed by atoms with Crippen molar-refractivity contribution < 1.29 is 9.53 Å². The number of hydrogen-bond donors (Lipinski definition) is 2. The van der Waals surface area contributed by atoms with Gasteiger partial charge in [0, 0.05) is 29.6 Å². The standard InChI is InChI=1S/C20H25N3O2S/c1-4-25-15-8-6-5-7-13(15)18-21-19(24)17-14-9-10-23(12(2)3)11-16(14)26-20(17)22-18/h5-8,12,18,22H,4,9-11H2,1-3H3,(H,21,24)/t18-/m0/s1. The van der Waals surface area contributed by atoms with Crippen LogP contribution in [0.3, 0.4) is 0 Å². The lowest BCUT2D eigenvalue weighted by Crippen LogP contribution is -2.39. The van der Waals surface area contributed by atoms with Crippen LogP contribution in [0.4, 0.5) is 5.00 Å². The molecule has 3 heterocycles. The van der Waals surface area contributed by atoms with Gasteiger partial charge in [-0.05, 0) is 38.8 Å². The number of anilines is 1. The van der Waals surface area contributed by atoms with Crippen LogP contribution < -0.4 is 15.4 Å². The second-order valence-corrected chi connectivity index (χ2v) is 8.15. The monoisotopic (exact) mass is 371 g/mol. The van der Waals surface area contributed by atoms with E-state index in [1.807, 2.05) is 31.2 Å². The summed E-state index contributed by atoms with van der Waals surface area (Å²) in [5, 5.41) is 7.64. The number of hydrogen-bond acceptors (Lipinski definition) is 5. The van der Waals surface area contributed by atoms with Crippen molar-refractivity contribution >= 4 is 22.2 Å². The van der Waals surface area contributed by atoms with Crippen LogP contribution >= 0.6 is 11.3 Å². The minimum Gasteiger partial charge on any atom is -0.493 e. The SMILES string of the molecule is CCOc1ccccc1[C@H]1NC(=O)c2c(sc3c2CCN(C(C)C)C3)N1. The minimum atomic E-state index is -0.265. The second kappa shape index (κ2) is 6.93. The highest BCUT2D eigenvalue weighted by molar-refractivity contribution is 7.16. The largest absolute Gasteiger partial charge is 0.493 e. The molecule has 0 fully saturated rings. The molecule has 4 rings (SSSR count). The van der Waals surface area contributed by atoms with E-state index in [2.05, 4.69) is 29.4 Å². The molecular formula is C20H25N3O2S. The molecule has 2 aromatic rings. The Morgan fingerprint density at radius 3 is 2.88 bits per heavy atom. The molecule has 0 spiro atoms. The average molecular weight is 372 g/mol. The quantitative estimate of drug-likeness (QED) is 0.859. The maximum atomic E-state index is 12.9. The highest BCUT2D eigenvalue weighted by Gasteiger charge is 2.34. The molecule has 26 heavy (non-hydrogen) atoms. The molecule has 1 amide bonds. The number of para-hydroxylation sites is 1. The van der Waals surface area contributed by atoms with Gasteiger partial charge in [-0.25, -0.2) is 0 Å². The number of fused-ring (bicyclic) bond motifs is 3. The molecule has 6 heteroatoms. The first-order valence-corrected chi connectivity index (χ1v) is 10.1. The maximum absolute atomic E-state index is 12.9. The Labute approximate surface area is 158 Å². The van der Waals surface area contributed by atoms with Crippen molar-refractivity contribution in [2.24, 2.45) is 0 Å². The van der Waals surface area contributed by atoms with E-state index in [1.165, 1.54) is 10.4 Å². The van der Waals surface area contributed by atoms with Gasteiger partial charge in [-0.3, -0.25) is 9.69 Å². The average Bonchev–Trinajstić information content (AvgIpc) is 3.00. The Bertz CT molecular complexity index is 830. The van der Waals surface area contributed by atoms with Gasteiger partial charge in [0.25, 0.3) is 5.91 Å². The first kappa shape index (κ1) is 17.4. The zero-order valence-corrected chi connectivity index (χ0v) is 16.3. The van der Waals surface area contributed by atoms with Crippen LogP contribution in [0.2, 0.25) is 0 Å². The molecule has 1 aromatic carbocycles. The summed E-state index contributed by atoms with van der Waals surface area (Å²) in [6, 6.07) is 8.40. The molecular weight excluding hydrogens is 346 g/mol. The van der Waals surface area contributed by atoms with E-state index in [1.54, 1.807) is 11.3 Å². The van der Waals surface area contributed by atoms with E-state index in [-0.39, 0.29) is 12.1 Å². The topological polar surface area (TPSA) is 53.6 Å². The highest BCUT2D eigenvalue weighted by atomic mass is 32.1. The van der Waals surface area contributed by atoms with E-state index in [4.69, 9.17) is 4.74 Å². The minimum absolute atomic E-state index is 0.0190. The van der Waals surface area contributed by atoms with Gasteiger partial charge in [0.05, 0.1) is 12.2 Å². The van der Waals surface area contributed by atoms with E-state index >= 15 is 0 Å². The molecule has 0 bridgehead atoms. The smallest absolute Gasteiger partial charge is 0.256 e. The predicted molar refractivity (Wildman–Crippen MR) is 105 cm³/mol. The number of amides is 1. The molecule has 2 aliphatic rings. The Morgan fingerprint density at radius 2 is 2.12 bits per heavy atom. The molecule has 0 saturated carbocycles. The number of carbonyl (C=O) groups is 1. The molecule has 0 unspecified atom stereocenters. The number of thiophene rings is 1. The summed E-state index contributed by atoms with van der Waals surface area (Å²) in [5.74, 6) is 0.828. The molecule has 1 atom stereocenters. The van der Waals surface area contributed by atoms with Crippen molar-refractivity contribution in [2.75, 3.05) is 18.5 Å². The predicted octanol–water partition coefficient (Wildman–Crippen LogP) is 3.77. The second-order valence-electron chi connectivity index (χ2n) is 7.04. The summed E-state index contributed by atoms with van der Waals surface area (Å²) in [7, 11) is 0. The van der Waals surface area contributed by atoms with Crippen molar-refractivity contribution in [3.05, 3.63) is 45.8 Å². The number of nitrogens with zero attached hydrogens (tertiary/aromatic N) is 1. The maximum Gasteiger partial charge on any atom is 0.256 e. The Morgan fingerprint density at radius 1 is 1.31 bits per heavy atom. The number of carbonyl (C=O) groups excluding carboxylic acids is 1. The molecule has 1 aromatic heterocycles. The van der Waals surface area contributed by atoms with Gasteiger partial charge in [0.2, 0.25) is 0 Å². The lowest BCUT2D eigenvalue weighted by atomic mass is 9.99. The van der Waals surface area contributed by atoms with Gasteiger partial charge < -0.3 is 15.4 Å². The van der Waals surface area contributed by atoms with Crippen LogP contribution in [-0.4, -0.2) is 30.0 Å². The number of benzene rings is 1. The van der Waals surface area contributed by atoms with Crippen LogP contribution in [0.15, 0.2) is 24.3 Å². The lowest BCUT2D eigenvalue weighted by molar-refractivity contribution is 0.0934. The third kappa shape index (κ3) is 2.97. The number of nitrogens with one attached hydrogen (secondary N) is 2. The van der Waals surface area contributed by atoms with E-state index < -0.39 is 0 Å². The van der Waals surface area contributed by atoms with Crippen molar-refractivity contribution in [3.63, 3.8) is 0 Å². The molecule has 0 radical (unpaired) electrons. The third-order valence-electron chi connectivity index (χ3n) is 5.12. The van der Waals surface area contributed by atoms with Crippen LogP contribution in [0.25, 0.3) is 0 Å². The van der Waals surface area contributed by atoms with Crippen molar-refractivity contribution in [1.29, 1.82) is 0 Å². The van der Waals surface area contributed by atoms with E-state index in [0.717, 1.165) is 41.4 Å². The summed E-state index contributed by atoms with van der Waals surface area (Å²) in [4.78, 5) is 16.7. The molecule has 2 N–H and O–H groups in total. The molecule has 2 aliphatic heterocycles. The first-order chi connectivity index (χ1) is 12.6. The van der Waals surface area contributed by atoms with Crippen LogP contribution in [0.1, 0.15) is 53.3 Å². The lowest BCUT2D eigenvalue weighted by Gasteiger charge is -2.31. The fraction of sp³-hybridized carbons (Fsp3) is 0.450. The van der Waals surface area contributed by atoms with Gasteiger partial charge in [-0.1, -0.05) is 18.2 Å². The molecule has 5 nitrogen and oxygen atoms in total. The summed E-state index contributed by atoms with van der Waals surface area (Å²) in [6.07, 6.45) is 0.674. The third-order valence-corrected chi connectivity index (χ3v) is 6.27. The van der Waals surface area contributed by atoms with Crippen LogP contribution in [0.5, 0.6) is 5.75 Å². The van der Waals surface area contributed by atoms with Crippen molar-refractivity contribution in [2.45, 2.75) is 45.9 Å². The van der Waals surface area contributed by atoms with E-state index in [9.17, 15) is 4.79 Å². The first-order valence-electron chi connectivity index (χ1n) is 9.26. The molecule has 0 aliphatic carbocycles. The summed E-state index contributed by atoms with van der Waals surface area (Å²) in [5.41, 5.74) is 3.03. The fourth-order valence-corrected chi connectivity index (χ4v) is 5.04. The highest BCUT2D eigenvalue weighted by Crippen LogP contribution is 2.41. The Balaban J connectivity index is 1.65. The van der Waals surface area contributed by atoms with Gasteiger partial charge in [-0.2, -0.15) is 0 Å². The number of ether oxygens (including phenoxy) is 1. The van der Waals surface area contributed by atoms with Crippen molar-refractivity contribution in [1.82, 2.24) is 10.2 Å². The fourth-order valence-electron chi connectivity index (χ4n) is 3.74. The summed E-state index contributed by atoms with van der Waals surface area (Å²) < 4.78 is 5.74. The van der Waals surface area contributed by atoms with Crippen LogP contribution in [-0.2, 0) is 13.0 Å². The Hall–Kier alpha value is -2.05. The Kier molecular flexibility index (Phi) is 4.63. The van der Waals surface area contributed by atoms with Gasteiger partial charge in [0.1, 0.15) is 16.9 Å². The summed E-state index contributed by atoms with van der Waals surface area (Å²) >= 11 is 1.73. The zero-order valence-electron chi connectivity index (χ0n) is 15.5. The van der Waals surface area contributed by atoms with Gasteiger partial charge in [0.15, 0.2) is 0 Å². The van der Waals surface area contributed by atoms with Gasteiger partial charge >= 0.3 is 0 Å². The normalized spacial score (nSPS) is 19.5. The number of rotatable bonds is 4. The summed E-state index contributed by atoms with van der Waals surface area (Å²) in [6.45, 7) is 8.96. The molecule has 138 valence electrons. The van der Waals surface area contributed by atoms with Gasteiger partial charge in [-0.15, -0.1) is 11.3 Å². The van der Waals surface area contributed by atoms with Crippen molar-refractivity contribution in [3.8, 4) is 5.75 Å². The van der Waals surface area contributed by atoms with Crippen LogP contribution in [0, 0.1) is 0 Å².